The zero-order valence-corrected chi connectivity index (χ0v) is 14.3. The van der Waals surface area contributed by atoms with Crippen molar-refractivity contribution in [2.45, 2.75) is 44.4 Å². The van der Waals surface area contributed by atoms with Crippen molar-refractivity contribution in [2.24, 2.45) is 0 Å². The van der Waals surface area contributed by atoms with Gasteiger partial charge in [-0.2, -0.15) is 13.2 Å². The van der Waals surface area contributed by atoms with Crippen LogP contribution in [0.4, 0.5) is 23.1 Å². The molecule has 1 aliphatic carbocycles. The number of carboxylic acids is 1. The van der Waals surface area contributed by atoms with E-state index in [0.717, 1.165) is 11.3 Å². The average Bonchev–Trinajstić information content (AvgIpc) is 2.84. The lowest BCUT2D eigenvalue weighted by Crippen LogP contribution is -2.55. The number of likely N-dealkylation sites (N-methyl/N-ethyl adjacent to an activating group) is 1. The number of carboxylic acid groups (broad SMARTS) is 1. The first-order valence-electron chi connectivity index (χ1n) is 7.70. The second kappa shape index (κ2) is 8.00. The van der Waals surface area contributed by atoms with E-state index in [1.807, 2.05) is 11.8 Å². The molecule has 7 nitrogen and oxygen atoms in total. The normalized spacial score (nSPS) is 20.2. The molecule has 0 unspecified atom stereocenters. The molecule has 0 spiro atoms. The number of urea groups is 1. The topological polar surface area (TPSA) is 94.6 Å². The number of nitrogens with one attached hydrogen (secondary N) is 2. The van der Waals surface area contributed by atoms with Crippen molar-refractivity contribution in [3.8, 4) is 0 Å². The van der Waals surface area contributed by atoms with E-state index in [1.54, 1.807) is 0 Å². The molecule has 11 heteroatoms. The van der Waals surface area contributed by atoms with E-state index in [1.165, 1.54) is 5.38 Å². The van der Waals surface area contributed by atoms with Crippen LogP contribution in [-0.2, 0) is 11.2 Å². The summed E-state index contributed by atoms with van der Waals surface area (Å²) in [6, 6.07) is -0.523. The molecule has 0 aliphatic heterocycles. The molecule has 2 amide bonds. The van der Waals surface area contributed by atoms with Gasteiger partial charge in [-0.3, -0.25) is 15.0 Å². The number of rotatable bonds is 7. The van der Waals surface area contributed by atoms with E-state index < -0.39 is 24.6 Å². The van der Waals surface area contributed by atoms with Gasteiger partial charge in [-0.25, -0.2) is 9.78 Å². The van der Waals surface area contributed by atoms with E-state index in [0.29, 0.717) is 19.4 Å². The number of amides is 2. The molecule has 140 valence electrons. The quantitative estimate of drug-likeness (QED) is 0.675. The van der Waals surface area contributed by atoms with Gasteiger partial charge in [0.05, 0.1) is 18.7 Å². The molecule has 25 heavy (non-hydrogen) atoms. The van der Waals surface area contributed by atoms with E-state index in [4.69, 9.17) is 5.11 Å². The van der Waals surface area contributed by atoms with E-state index in [-0.39, 0.29) is 29.5 Å². The Morgan fingerprint density at radius 2 is 2.12 bits per heavy atom. The molecule has 0 aromatic carbocycles. The van der Waals surface area contributed by atoms with E-state index in [2.05, 4.69) is 15.6 Å². The summed E-state index contributed by atoms with van der Waals surface area (Å²) in [5.41, 5.74) is -0.135. The highest BCUT2D eigenvalue weighted by Gasteiger charge is 2.35. The molecule has 0 bridgehead atoms. The Labute approximate surface area is 146 Å². The lowest BCUT2D eigenvalue weighted by atomic mass is 9.85. The highest BCUT2D eigenvalue weighted by Crippen LogP contribution is 2.26. The van der Waals surface area contributed by atoms with Crippen LogP contribution >= 0.6 is 11.3 Å². The van der Waals surface area contributed by atoms with Crippen LogP contribution in [0.15, 0.2) is 5.38 Å². The largest absolute Gasteiger partial charge is 0.480 e. The van der Waals surface area contributed by atoms with Crippen molar-refractivity contribution in [3.05, 3.63) is 11.1 Å². The third-order valence-electron chi connectivity index (χ3n) is 3.86. The van der Waals surface area contributed by atoms with Crippen molar-refractivity contribution >= 4 is 28.5 Å². The number of aromatic nitrogens is 1. The minimum absolute atomic E-state index is 0.0405. The van der Waals surface area contributed by atoms with Gasteiger partial charge in [-0.05, 0) is 19.4 Å². The second-order valence-corrected chi connectivity index (χ2v) is 6.67. The van der Waals surface area contributed by atoms with Crippen molar-refractivity contribution in [1.82, 2.24) is 15.2 Å². The Hall–Kier alpha value is -1.88. The zero-order valence-electron chi connectivity index (χ0n) is 13.5. The number of carbonyl (C=O) groups excluding carboxylic acids is 1. The summed E-state index contributed by atoms with van der Waals surface area (Å²) >= 11 is 0.931. The van der Waals surface area contributed by atoms with Crippen LogP contribution in [0, 0.1) is 0 Å². The van der Waals surface area contributed by atoms with Gasteiger partial charge in [0, 0.05) is 17.5 Å². The van der Waals surface area contributed by atoms with Crippen molar-refractivity contribution in [1.29, 1.82) is 0 Å². The predicted molar refractivity (Wildman–Crippen MR) is 85.7 cm³/mol. The molecule has 0 radical (unpaired) electrons. The van der Waals surface area contributed by atoms with E-state index >= 15 is 0 Å². The van der Waals surface area contributed by atoms with Crippen LogP contribution < -0.4 is 10.6 Å². The Morgan fingerprint density at radius 1 is 1.44 bits per heavy atom. The summed E-state index contributed by atoms with van der Waals surface area (Å²) in [7, 11) is 0. The zero-order chi connectivity index (χ0) is 18.6. The number of carbonyl (C=O) groups is 2. The first kappa shape index (κ1) is 19.4. The summed E-state index contributed by atoms with van der Waals surface area (Å²) < 4.78 is 36.8. The summed E-state index contributed by atoms with van der Waals surface area (Å²) in [4.78, 5) is 28.2. The number of halogens is 3. The van der Waals surface area contributed by atoms with Crippen LogP contribution in [-0.4, -0.2) is 58.3 Å². The molecule has 1 fully saturated rings. The number of nitrogens with zero attached hydrogens (tertiary/aromatic N) is 2. The number of thiazole rings is 1. The molecule has 1 heterocycles. The fraction of sp³-hybridized carbons (Fsp3) is 0.643. The lowest BCUT2D eigenvalue weighted by Gasteiger charge is -2.42. The molecular formula is C14H19F3N4O3S. The van der Waals surface area contributed by atoms with Crippen LogP contribution in [0.3, 0.4) is 0 Å². The predicted octanol–water partition coefficient (Wildman–Crippen LogP) is 2.31. The maximum Gasteiger partial charge on any atom is 0.394 e. The Balaban J connectivity index is 1.74. The highest BCUT2D eigenvalue weighted by atomic mass is 32.1. The Bertz CT molecular complexity index is 617. The molecule has 0 atom stereocenters. The molecule has 1 aromatic heterocycles. The highest BCUT2D eigenvalue weighted by molar-refractivity contribution is 7.13. The molecule has 1 aliphatic rings. The first-order valence-corrected chi connectivity index (χ1v) is 8.58. The fourth-order valence-electron chi connectivity index (χ4n) is 2.65. The van der Waals surface area contributed by atoms with Gasteiger partial charge in [0.15, 0.2) is 5.13 Å². The van der Waals surface area contributed by atoms with Crippen LogP contribution in [0.5, 0.6) is 0 Å². The minimum atomic E-state index is -4.34. The number of alkyl halides is 3. The van der Waals surface area contributed by atoms with Gasteiger partial charge >= 0.3 is 18.2 Å². The van der Waals surface area contributed by atoms with Crippen molar-refractivity contribution < 1.29 is 27.9 Å². The molecule has 3 N–H and O–H groups in total. The smallest absolute Gasteiger partial charge is 0.394 e. The van der Waals surface area contributed by atoms with Gasteiger partial charge in [-0.15, -0.1) is 11.3 Å². The number of hydrogen-bond acceptors (Lipinski definition) is 5. The van der Waals surface area contributed by atoms with Gasteiger partial charge < -0.3 is 10.4 Å². The van der Waals surface area contributed by atoms with Crippen LogP contribution in [0.2, 0.25) is 0 Å². The molecule has 1 aromatic rings. The lowest BCUT2D eigenvalue weighted by molar-refractivity contribution is -0.139. The molecular weight excluding hydrogens is 361 g/mol. The van der Waals surface area contributed by atoms with Gasteiger partial charge in [0.25, 0.3) is 0 Å². The minimum Gasteiger partial charge on any atom is -0.480 e. The van der Waals surface area contributed by atoms with E-state index in [9.17, 15) is 22.8 Å². The monoisotopic (exact) mass is 380 g/mol. The van der Waals surface area contributed by atoms with Crippen LogP contribution in [0.1, 0.15) is 25.5 Å². The van der Waals surface area contributed by atoms with Gasteiger partial charge in [-0.1, -0.05) is 6.92 Å². The third-order valence-corrected chi connectivity index (χ3v) is 4.67. The maximum atomic E-state index is 12.3. The molecule has 1 saturated carbocycles. The average molecular weight is 380 g/mol. The summed E-state index contributed by atoms with van der Waals surface area (Å²) in [5.74, 6) is -0.894. The van der Waals surface area contributed by atoms with Crippen molar-refractivity contribution in [3.63, 3.8) is 0 Å². The number of anilines is 1. The molecule has 2 rings (SSSR count). The Morgan fingerprint density at radius 3 is 2.68 bits per heavy atom. The van der Waals surface area contributed by atoms with Gasteiger partial charge in [0.2, 0.25) is 0 Å². The SMILES string of the molecule is CCN(CC(=O)O)C1CC(NC(=O)Nc2nc(CC(F)(F)F)cs2)C1. The second-order valence-electron chi connectivity index (χ2n) is 5.81. The Kier molecular flexibility index (Phi) is 6.22. The number of hydrogen-bond donors (Lipinski definition) is 3. The van der Waals surface area contributed by atoms with Crippen LogP contribution in [0.25, 0.3) is 0 Å². The summed E-state index contributed by atoms with van der Waals surface area (Å²) in [5, 5.41) is 15.3. The standard InChI is InChI=1S/C14H19F3N4O3S/c1-2-21(6-11(22)23)10-3-8(4-10)18-12(24)20-13-19-9(7-25-13)5-14(15,16)17/h7-8,10H,2-6H2,1H3,(H,22,23)(H2,18,19,20,24). The van der Waals surface area contributed by atoms with Crippen molar-refractivity contribution in [2.75, 3.05) is 18.4 Å². The summed E-state index contributed by atoms with van der Waals surface area (Å²) in [6.07, 6.45) is -4.21. The summed E-state index contributed by atoms with van der Waals surface area (Å²) in [6.45, 7) is 2.44. The third kappa shape index (κ3) is 6.16. The first-order chi connectivity index (χ1) is 11.7. The molecule has 0 saturated heterocycles. The van der Waals surface area contributed by atoms with Gasteiger partial charge in [0.1, 0.15) is 0 Å². The number of aliphatic carboxylic acids is 1. The maximum absolute atomic E-state index is 12.3. The fourth-order valence-corrected chi connectivity index (χ4v) is 3.35.